The monoisotopic (exact) mass is 722 g/mol. The molecule has 56 heavy (non-hydrogen) atoms. The summed E-state index contributed by atoms with van der Waals surface area (Å²) in [5.41, 5.74) is 8.49. The number of para-hydroxylation sites is 4. The van der Waals surface area contributed by atoms with Gasteiger partial charge in [-0.25, -0.2) is 9.97 Å². The van der Waals surface area contributed by atoms with Gasteiger partial charge in [0.1, 0.15) is 11.0 Å². The Bertz CT molecular complexity index is 3160. The Balaban J connectivity index is 1.13. The number of nitrogens with zero attached hydrogens (tertiary/aromatic N) is 2. The Morgan fingerprint density at radius 1 is 0.482 bits per heavy atom. The van der Waals surface area contributed by atoms with Crippen molar-refractivity contribution in [3.05, 3.63) is 157 Å². The highest BCUT2D eigenvalue weighted by Gasteiger charge is 2.59. The Hall–Kier alpha value is -6.26. The molecule has 3 atom stereocenters. The molecule has 8 aromatic carbocycles. The molecular weight excluding hydrogens is 685 g/mol. The molecule has 0 N–H and O–H groups in total. The molecule has 0 spiro atoms. The maximum Gasteiger partial charge on any atom is 0.228 e. The number of oxazole rings is 2. The van der Waals surface area contributed by atoms with Crippen LogP contribution < -0.4 is 0 Å². The van der Waals surface area contributed by atoms with Crippen LogP contribution in [0.5, 0.6) is 0 Å². The lowest BCUT2D eigenvalue weighted by Gasteiger charge is -2.62. The third-order valence-corrected chi connectivity index (χ3v) is 14.0. The van der Waals surface area contributed by atoms with E-state index in [0.717, 1.165) is 45.2 Å². The molecule has 0 saturated heterocycles. The minimum atomic E-state index is -0.0734. The molecule has 4 bridgehead atoms. The van der Waals surface area contributed by atoms with E-state index in [4.69, 9.17) is 18.8 Å². The lowest BCUT2D eigenvalue weighted by atomic mass is 9.42. The lowest BCUT2D eigenvalue weighted by Crippen LogP contribution is -2.54. The van der Waals surface area contributed by atoms with Crippen LogP contribution in [0.25, 0.3) is 88.2 Å². The van der Waals surface area contributed by atoms with Crippen molar-refractivity contribution in [3.63, 3.8) is 0 Å². The van der Waals surface area contributed by atoms with E-state index in [2.05, 4.69) is 109 Å². The SMILES string of the molecule is c1ccc2c(-c3nc4ccccc4o3)c3c(C4C5CC6CC(C5)CC4(c4cccc5cc7ccccc7c(-c7nc8ccccc8o7)c45)C6)cccc3cc2c1. The van der Waals surface area contributed by atoms with Crippen molar-refractivity contribution in [1.82, 2.24) is 9.97 Å². The number of hydrogen-bond acceptors (Lipinski definition) is 4. The van der Waals surface area contributed by atoms with E-state index < -0.39 is 0 Å². The second-order valence-electron chi connectivity index (χ2n) is 17.0. The Labute approximate surface area is 323 Å². The van der Waals surface area contributed by atoms with Crippen molar-refractivity contribution in [2.45, 2.75) is 43.4 Å². The number of rotatable bonds is 4. The summed E-state index contributed by atoms with van der Waals surface area (Å²) in [5.74, 6) is 3.75. The highest BCUT2D eigenvalue weighted by Crippen LogP contribution is 2.68. The third kappa shape index (κ3) is 4.30. The quantitative estimate of drug-likeness (QED) is 0.170. The molecule has 2 heterocycles. The molecule has 0 radical (unpaired) electrons. The average molecular weight is 723 g/mol. The van der Waals surface area contributed by atoms with Gasteiger partial charge in [-0.05, 0) is 146 Å². The summed E-state index contributed by atoms with van der Waals surface area (Å²) in [6, 6.07) is 52.9. The zero-order valence-electron chi connectivity index (χ0n) is 30.9. The summed E-state index contributed by atoms with van der Waals surface area (Å²) < 4.78 is 13.4. The Kier molecular flexibility index (Phi) is 6.31. The van der Waals surface area contributed by atoms with Crippen molar-refractivity contribution in [2.75, 3.05) is 0 Å². The molecule has 14 rings (SSSR count). The Morgan fingerprint density at radius 3 is 1.62 bits per heavy atom. The zero-order chi connectivity index (χ0) is 36.5. The summed E-state index contributed by atoms with van der Waals surface area (Å²) in [7, 11) is 0. The van der Waals surface area contributed by atoms with Gasteiger partial charge in [0.15, 0.2) is 11.2 Å². The fraction of sp³-hybridized carbons (Fsp3) is 0.192. The second kappa shape index (κ2) is 11.4. The topological polar surface area (TPSA) is 52.1 Å². The first-order valence-electron chi connectivity index (χ1n) is 20.3. The van der Waals surface area contributed by atoms with E-state index in [1.165, 1.54) is 86.3 Å². The van der Waals surface area contributed by atoms with Crippen molar-refractivity contribution in [1.29, 1.82) is 0 Å². The van der Waals surface area contributed by atoms with Crippen LogP contribution in [-0.4, -0.2) is 9.97 Å². The minimum absolute atomic E-state index is 0.0734. The van der Waals surface area contributed by atoms with Crippen LogP contribution in [0.3, 0.4) is 0 Å². The van der Waals surface area contributed by atoms with Crippen LogP contribution in [0.15, 0.2) is 154 Å². The normalized spacial score (nSPS) is 23.1. The highest BCUT2D eigenvalue weighted by atomic mass is 16.4. The van der Waals surface area contributed by atoms with Crippen LogP contribution >= 0.6 is 0 Å². The predicted molar refractivity (Wildman–Crippen MR) is 227 cm³/mol. The van der Waals surface area contributed by atoms with Gasteiger partial charge in [0.25, 0.3) is 0 Å². The fourth-order valence-electron chi connectivity index (χ4n) is 12.3. The molecule has 2 aromatic heterocycles. The van der Waals surface area contributed by atoms with E-state index in [9.17, 15) is 0 Å². The van der Waals surface area contributed by atoms with Gasteiger partial charge >= 0.3 is 0 Å². The second-order valence-corrected chi connectivity index (χ2v) is 17.0. The highest BCUT2D eigenvalue weighted by molar-refractivity contribution is 6.15. The molecule has 0 aliphatic heterocycles. The summed E-state index contributed by atoms with van der Waals surface area (Å²) in [6.07, 6.45) is 6.30. The average Bonchev–Trinajstić information content (AvgIpc) is 3.86. The molecule has 3 unspecified atom stereocenters. The third-order valence-electron chi connectivity index (χ3n) is 14.0. The fourth-order valence-corrected chi connectivity index (χ4v) is 12.3. The van der Waals surface area contributed by atoms with Crippen LogP contribution in [0.1, 0.15) is 49.1 Å². The van der Waals surface area contributed by atoms with Gasteiger partial charge in [-0.1, -0.05) is 109 Å². The van der Waals surface area contributed by atoms with E-state index in [1.54, 1.807) is 0 Å². The zero-order valence-corrected chi connectivity index (χ0v) is 30.9. The van der Waals surface area contributed by atoms with Crippen LogP contribution in [0, 0.1) is 17.8 Å². The number of aromatic nitrogens is 2. The van der Waals surface area contributed by atoms with Gasteiger partial charge in [-0.15, -0.1) is 0 Å². The van der Waals surface area contributed by atoms with Gasteiger partial charge in [0.2, 0.25) is 11.8 Å². The van der Waals surface area contributed by atoms with Crippen molar-refractivity contribution >= 4 is 65.3 Å². The molecular formula is C52H38N2O2. The first-order valence-corrected chi connectivity index (χ1v) is 20.3. The summed E-state index contributed by atoms with van der Waals surface area (Å²) in [4.78, 5) is 10.4. The molecule has 4 nitrogen and oxygen atoms in total. The Morgan fingerprint density at radius 2 is 1.00 bits per heavy atom. The smallest absolute Gasteiger partial charge is 0.228 e. The summed E-state index contributed by atoms with van der Waals surface area (Å²) >= 11 is 0. The van der Waals surface area contributed by atoms with Crippen LogP contribution in [-0.2, 0) is 5.41 Å². The molecule has 4 aliphatic rings. The van der Waals surface area contributed by atoms with Gasteiger partial charge in [-0.3, -0.25) is 0 Å². The standard InChI is InChI=1S/C52H38N2O2/c1-3-15-37-32(11-1)26-34-13-9-17-39(45(34)47(37)50-53-41-19-5-7-21-43(41)55-50)49-36-24-30-23-31(25-36)29-52(49,28-30)40-18-10-14-35-27-33-12-2-4-16-38(33)48(46(35)40)51-54-42-20-6-8-22-44(42)56-51/h1-22,26-27,30-31,36,49H,23-25,28-29H2. The van der Waals surface area contributed by atoms with Crippen LogP contribution in [0.4, 0.5) is 0 Å². The molecule has 10 aromatic rings. The molecule has 4 heteroatoms. The molecule has 268 valence electrons. The maximum absolute atomic E-state index is 6.72. The maximum atomic E-state index is 6.72. The van der Waals surface area contributed by atoms with Crippen LogP contribution in [0.2, 0.25) is 0 Å². The number of hydrogen-bond donors (Lipinski definition) is 0. The predicted octanol–water partition coefficient (Wildman–Crippen LogP) is 13.8. The molecule has 4 saturated carbocycles. The summed E-state index contributed by atoms with van der Waals surface area (Å²) in [6.45, 7) is 0. The van der Waals surface area contributed by atoms with Crippen molar-refractivity contribution in [3.8, 4) is 22.9 Å². The van der Waals surface area contributed by atoms with Crippen molar-refractivity contribution in [2.24, 2.45) is 17.8 Å². The molecule has 4 aliphatic carbocycles. The van der Waals surface area contributed by atoms with Crippen molar-refractivity contribution < 1.29 is 8.83 Å². The van der Waals surface area contributed by atoms with Gasteiger partial charge in [-0.2, -0.15) is 0 Å². The number of fused-ring (bicyclic) bond motifs is 6. The first kappa shape index (κ1) is 31.0. The molecule has 4 fully saturated rings. The van der Waals surface area contributed by atoms with Gasteiger partial charge < -0.3 is 8.83 Å². The van der Waals surface area contributed by atoms with Gasteiger partial charge in [0.05, 0.1) is 11.1 Å². The largest absolute Gasteiger partial charge is 0.436 e. The van der Waals surface area contributed by atoms with E-state index in [0.29, 0.717) is 23.6 Å². The van der Waals surface area contributed by atoms with E-state index >= 15 is 0 Å². The minimum Gasteiger partial charge on any atom is -0.436 e. The van der Waals surface area contributed by atoms with Gasteiger partial charge in [0, 0.05) is 5.41 Å². The van der Waals surface area contributed by atoms with E-state index in [1.807, 2.05) is 36.4 Å². The van der Waals surface area contributed by atoms with E-state index in [-0.39, 0.29) is 5.41 Å². The molecule has 0 amide bonds. The summed E-state index contributed by atoms with van der Waals surface area (Å²) in [5, 5.41) is 9.89. The first-order chi connectivity index (χ1) is 27.7. The number of benzene rings is 8. The lowest BCUT2D eigenvalue weighted by molar-refractivity contribution is -0.0269.